The summed E-state index contributed by atoms with van der Waals surface area (Å²) in [5.41, 5.74) is 8.74. The summed E-state index contributed by atoms with van der Waals surface area (Å²) in [4.78, 5) is 16.2. The zero-order valence-electron chi connectivity index (χ0n) is 20.5. The van der Waals surface area contributed by atoms with E-state index < -0.39 is 16.8 Å². The number of aryl methyl sites for hydroxylation is 1. The van der Waals surface area contributed by atoms with Crippen LogP contribution in [0.25, 0.3) is 6.08 Å². The number of nitrogens with zero attached hydrogens (tertiary/aromatic N) is 1. The van der Waals surface area contributed by atoms with Crippen molar-refractivity contribution in [2.24, 2.45) is 0 Å². The molecular formula is C29H34N2O4S. The second kappa shape index (κ2) is 14.8. The molecule has 3 aromatic rings. The van der Waals surface area contributed by atoms with E-state index in [2.05, 4.69) is 29.2 Å². The molecule has 1 atom stereocenters. The first-order chi connectivity index (χ1) is 17.5. The number of aliphatic carboxylic acids is 1. The molecule has 0 radical (unpaired) electrons. The second-order valence-corrected chi connectivity index (χ2v) is 10.1. The molecule has 0 saturated carbocycles. The Balaban J connectivity index is 1.45. The van der Waals surface area contributed by atoms with Crippen molar-refractivity contribution in [3.05, 3.63) is 89.8 Å². The number of carboxylic acid groups (broad SMARTS) is 1. The molecule has 0 spiro atoms. The Morgan fingerprint density at radius 2 is 1.69 bits per heavy atom. The number of carboxylic acids is 1. The number of benzene rings is 2. The number of anilines is 1. The maximum absolute atomic E-state index is 12.7. The molecule has 0 bridgehead atoms. The van der Waals surface area contributed by atoms with Gasteiger partial charge in [0.15, 0.2) is 0 Å². The van der Waals surface area contributed by atoms with Gasteiger partial charge >= 0.3 is 5.97 Å². The normalized spacial score (nSPS) is 12.0. The van der Waals surface area contributed by atoms with Crippen LogP contribution in [0.3, 0.4) is 0 Å². The van der Waals surface area contributed by atoms with Gasteiger partial charge in [0.25, 0.3) is 0 Å². The Bertz CT molecular complexity index is 1160. The van der Waals surface area contributed by atoms with Crippen molar-refractivity contribution in [1.82, 2.24) is 4.98 Å². The van der Waals surface area contributed by atoms with Crippen molar-refractivity contribution in [1.29, 1.82) is 0 Å². The minimum Gasteiger partial charge on any atom is -0.491 e. The number of pyridine rings is 1. The Kier molecular flexibility index (Phi) is 11.2. The van der Waals surface area contributed by atoms with Crippen molar-refractivity contribution in [3.8, 4) is 5.75 Å². The van der Waals surface area contributed by atoms with E-state index in [4.69, 9.17) is 15.6 Å². The molecule has 0 amide bonds. The summed E-state index contributed by atoms with van der Waals surface area (Å²) < 4.78 is 18.6. The SMILES string of the molecule is Nc1cccc(S(=O)Cc2ccc(OCCCCCCCCc3ccccc3)c(/C=C/C(=O)O)n2)c1. The Morgan fingerprint density at radius 3 is 2.44 bits per heavy atom. The van der Waals surface area contributed by atoms with E-state index in [0.717, 1.165) is 31.8 Å². The summed E-state index contributed by atoms with van der Waals surface area (Å²) in [5.74, 6) is -0.348. The number of rotatable bonds is 15. The zero-order chi connectivity index (χ0) is 25.6. The van der Waals surface area contributed by atoms with E-state index in [1.165, 1.54) is 30.9 Å². The predicted octanol–water partition coefficient (Wildman–Crippen LogP) is 6.03. The number of nitrogen functional groups attached to an aromatic ring is 1. The lowest BCUT2D eigenvalue weighted by atomic mass is 10.1. The highest BCUT2D eigenvalue weighted by Crippen LogP contribution is 2.22. The number of aromatic nitrogens is 1. The largest absolute Gasteiger partial charge is 0.491 e. The summed E-state index contributed by atoms with van der Waals surface area (Å²) in [6.07, 6.45) is 10.4. The number of hydrogen-bond donors (Lipinski definition) is 2. The van der Waals surface area contributed by atoms with E-state index in [9.17, 15) is 9.00 Å². The van der Waals surface area contributed by atoms with E-state index in [-0.39, 0.29) is 5.75 Å². The van der Waals surface area contributed by atoms with Crippen molar-refractivity contribution >= 4 is 28.5 Å². The molecule has 190 valence electrons. The zero-order valence-corrected chi connectivity index (χ0v) is 21.3. The van der Waals surface area contributed by atoms with Gasteiger partial charge in [-0.2, -0.15) is 0 Å². The first-order valence-corrected chi connectivity index (χ1v) is 13.6. The molecule has 0 aliphatic heterocycles. The Morgan fingerprint density at radius 1 is 0.944 bits per heavy atom. The monoisotopic (exact) mass is 506 g/mol. The van der Waals surface area contributed by atoms with Crippen LogP contribution < -0.4 is 10.5 Å². The molecule has 1 heterocycles. The predicted molar refractivity (Wildman–Crippen MR) is 145 cm³/mol. The van der Waals surface area contributed by atoms with Crippen LogP contribution in [0.1, 0.15) is 55.5 Å². The van der Waals surface area contributed by atoms with Crippen LogP contribution >= 0.6 is 0 Å². The fraction of sp³-hybridized carbons (Fsp3) is 0.310. The minimum atomic E-state index is -1.32. The number of hydrogen-bond acceptors (Lipinski definition) is 5. The fourth-order valence-corrected chi connectivity index (χ4v) is 4.91. The van der Waals surface area contributed by atoms with E-state index in [1.54, 1.807) is 36.4 Å². The van der Waals surface area contributed by atoms with Gasteiger partial charge in [-0.05, 0) is 61.2 Å². The molecule has 1 aromatic heterocycles. The third-order valence-electron chi connectivity index (χ3n) is 5.69. The van der Waals surface area contributed by atoms with Crippen molar-refractivity contribution in [2.45, 2.75) is 55.6 Å². The van der Waals surface area contributed by atoms with Gasteiger partial charge in [0.1, 0.15) is 11.4 Å². The lowest BCUT2D eigenvalue weighted by Crippen LogP contribution is -2.04. The molecule has 6 nitrogen and oxygen atoms in total. The maximum Gasteiger partial charge on any atom is 0.328 e. The smallest absolute Gasteiger partial charge is 0.328 e. The molecule has 36 heavy (non-hydrogen) atoms. The van der Waals surface area contributed by atoms with Gasteiger partial charge in [-0.3, -0.25) is 4.21 Å². The van der Waals surface area contributed by atoms with Crippen LogP contribution in [0.5, 0.6) is 5.75 Å². The first-order valence-electron chi connectivity index (χ1n) is 12.3. The average molecular weight is 507 g/mol. The van der Waals surface area contributed by atoms with Crippen LogP contribution in [-0.4, -0.2) is 26.9 Å². The van der Waals surface area contributed by atoms with Crippen molar-refractivity contribution < 1.29 is 18.8 Å². The van der Waals surface area contributed by atoms with Crippen molar-refractivity contribution in [2.75, 3.05) is 12.3 Å². The van der Waals surface area contributed by atoms with Gasteiger partial charge in [0, 0.05) is 16.7 Å². The van der Waals surface area contributed by atoms with E-state index in [1.807, 2.05) is 6.07 Å². The standard InChI is InChI=1S/C29H34N2O4S/c30-24-14-10-15-26(21-24)36(34)22-25-16-18-28(27(31-25)17-19-29(32)33)35-20-9-4-2-1-3-6-11-23-12-7-5-8-13-23/h5,7-8,10,12-19,21H,1-4,6,9,11,20,22,30H2,(H,32,33)/b19-17+. The lowest BCUT2D eigenvalue weighted by molar-refractivity contribution is -0.131. The van der Waals surface area contributed by atoms with Gasteiger partial charge in [-0.15, -0.1) is 0 Å². The topological polar surface area (TPSA) is 103 Å². The third kappa shape index (κ3) is 9.66. The second-order valence-electron chi connectivity index (χ2n) is 8.63. The van der Waals surface area contributed by atoms with Gasteiger partial charge < -0.3 is 15.6 Å². The van der Waals surface area contributed by atoms with Crippen LogP contribution in [-0.2, 0) is 27.8 Å². The van der Waals surface area contributed by atoms with Crippen LogP contribution in [0.4, 0.5) is 5.69 Å². The number of ether oxygens (including phenoxy) is 1. The molecule has 2 aromatic carbocycles. The molecule has 0 aliphatic rings. The van der Waals surface area contributed by atoms with Crippen molar-refractivity contribution in [3.63, 3.8) is 0 Å². The third-order valence-corrected chi connectivity index (χ3v) is 7.03. The van der Waals surface area contributed by atoms with Crippen LogP contribution in [0.15, 0.2) is 77.7 Å². The molecule has 0 fully saturated rings. The summed E-state index contributed by atoms with van der Waals surface area (Å²) >= 11 is 0. The summed E-state index contributed by atoms with van der Waals surface area (Å²) in [5, 5.41) is 9.04. The molecule has 1 unspecified atom stereocenters. The number of nitrogens with two attached hydrogens (primary N) is 1. The van der Waals surface area contributed by atoms with Gasteiger partial charge in [0.05, 0.1) is 28.9 Å². The lowest BCUT2D eigenvalue weighted by Gasteiger charge is -2.11. The van der Waals surface area contributed by atoms with E-state index in [0.29, 0.717) is 34.3 Å². The number of carbonyl (C=O) groups is 1. The summed E-state index contributed by atoms with van der Waals surface area (Å²) in [6.45, 7) is 0.536. The van der Waals surface area contributed by atoms with Gasteiger partial charge in [-0.25, -0.2) is 9.78 Å². The minimum absolute atomic E-state index is 0.196. The molecule has 0 aliphatic carbocycles. The molecule has 3 rings (SSSR count). The highest BCUT2D eigenvalue weighted by Gasteiger charge is 2.10. The highest BCUT2D eigenvalue weighted by molar-refractivity contribution is 7.84. The average Bonchev–Trinajstić information content (AvgIpc) is 2.88. The summed E-state index contributed by atoms with van der Waals surface area (Å²) in [6, 6.07) is 21.1. The quantitative estimate of drug-likeness (QED) is 0.148. The van der Waals surface area contributed by atoms with E-state index >= 15 is 0 Å². The summed E-state index contributed by atoms with van der Waals surface area (Å²) in [7, 11) is -1.32. The number of unbranched alkanes of at least 4 members (excludes halogenated alkanes) is 5. The Hall–Kier alpha value is -3.45. The first kappa shape index (κ1) is 27.1. The van der Waals surface area contributed by atoms with Crippen LogP contribution in [0.2, 0.25) is 0 Å². The molecular weight excluding hydrogens is 472 g/mol. The fourth-order valence-electron chi connectivity index (χ4n) is 3.82. The Labute approximate surface area is 215 Å². The molecule has 3 N–H and O–H groups in total. The van der Waals surface area contributed by atoms with Gasteiger partial charge in [-0.1, -0.05) is 62.1 Å². The van der Waals surface area contributed by atoms with Crippen LogP contribution in [0, 0.1) is 0 Å². The maximum atomic E-state index is 12.7. The highest BCUT2D eigenvalue weighted by atomic mass is 32.2. The molecule has 0 saturated heterocycles. The van der Waals surface area contributed by atoms with Gasteiger partial charge in [0.2, 0.25) is 0 Å². The molecule has 7 heteroatoms.